The predicted molar refractivity (Wildman–Crippen MR) is 88.5 cm³/mol. The molecule has 1 heterocycles. The van der Waals surface area contributed by atoms with Gasteiger partial charge in [-0.05, 0) is 94.0 Å². The van der Waals surface area contributed by atoms with Crippen molar-refractivity contribution in [1.82, 2.24) is 10.2 Å². The van der Waals surface area contributed by atoms with Crippen molar-refractivity contribution in [2.75, 3.05) is 20.1 Å². The van der Waals surface area contributed by atoms with Crippen LogP contribution in [0.4, 0.5) is 0 Å². The summed E-state index contributed by atoms with van der Waals surface area (Å²) in [5.41, 5.74) is 0.392. The number of rotatable bonds is 3. The molecule has 1 N–H and O–H groups in total. The average Bonchev–Trinajstić information content (AvgIpc) is 2.73. The summed E-state index contributed by atoms with van der Waals surface area (Å²) in [6.07, 6.45) is 12.8. The number of carbonyl (C=O) groups excluding carboxylic acids is 1. The van der Waals surface area contributed by atoms with Crippen LogP contribution >= 0.6 is 0 Å². The minimum Gasteiger partial charge on any atom is -0.343 e. The Hall–Kier alpha value is -0.570. The van der Waals surface area contributed by atoms with E-state index in [9.17, 15) is 4.79 Å². The Balaban J connectivity index is 1.41. The maximum atomic E-state index is 12.9. The zero-order valence-corrected chi connectivity index (χ0v) is 14.2. The van der Waals surface area contributed by atoms with E-state index in [1.165, 1.54) is 51.4 Å². The molecule has 124 valence electrons. The van der Waals surface area contributed by atoms with Crippen molar-refractivity contribution in [3.05, 3.63) is 0 Å². The summed E-state index contributed by atoms with van der Waals surface area (Å²) < 4.78 is 0. The van der Waals surface area contributed by atoms with E-state index in [4.69, 9.17) is 0 Å². The predicted octanol–water partition coefficient (Wildman–Crippen LogP) is 3.19. The summed E-state index contributed by atoms with van der Waals surface area (Å²) in [7, 11) is 2.07. The summed E-state index contributed by atoms with van der Waals surface area (Å²) in [5.74, 6) is 3.29. The van der Waals surface area contributed by atoms with Gasteiger partial charge in [-0.1, -0.05) is 0 Å². The lowest BCUT2D eigenvalue weighted by Gasteiger charge is -2.57. The second kappa shape index (κ2) is 5.81. The molecule has 4 saturated carbocycles. The van der Waals surface area contributed by atoms with Gasteiger partial charge in [-0.15, -0.1) is 0 Å². The minimum absolute atomic E-state index is 0.392. The van der Waals surface area contributed by atoms with Crippen LogP contribution in [0.5, 0.6) is 0 Å². The Morgan fingerprint density at radius 1 is 1.05 bits per heavy atom. The van der Waals surface area contributed by atoms with Crippen molar-refractivity contribution >= 4 is 5.91 Å². The quantitative estimate of drug-likeness (QED) is 0.868. The van der Waals surface area contributed by atoms with Crippen LogP contribution in [-0.4, -0.2) is 37.0 Å². The molecule has 5 rings (SSSR count). The summed E-state index contributed by atoms with van der Waals surface area (Å²) >= 11 is 0. The van der Waals surface area contributed by atoms with Crippen LogP contribution in [0, 0.1) is 23.2 Å². The molecule has 3 heteroatoms. The van der Waals surface area contributed by atoms with Crippen molar-refractivity contribution in [3.8, 4) is 0 Å². The largest absolute Gasteiger partial charge is 0.343 e. The highest BCUT2D eigenvalue weighted by Crippen LogP contribution is 2.61. The van der Waals surface area contributed by atoms with E-state index in [0.717, 1.165) is 43.7 Å². The van der Waals surface area contributed by atoms with E-state index in [0.29, 0.717) is 17.4 Å². The highest BCUT2D eigenvalue weighted by atomic mass is 16.2. The molecule has 0 aromatic carbocycles. The molecule has 0 aromatic heterocycles. The smallest absolute Gasteiger partial charge is 0.223 e. The molecule has 4 aliphatic carbocycles. The van der Waals surface area contributed by atoms with Crippen molar-refractivity contribution in [2.45, 2.75) is 70.3 Å². The van der Waals surface area contributed by atoms with Crippen LogP contribution in [-0.2, 0) is 4.79 Å². The molecular formula is C19H32N2O. The van der Waals surface area contributed by atoms with Crippen LogP contribution < -0.4 is 5.32 Å². The van der Waals surface area contributed by atoms with Gasteiger partial charge >= 0.3 is 0 Å². The number of carbonyl (C=O) groups is 1. The monoisotopic (exact) mass is 304 g/mol. The number of hydrogen-bond acceptors (Lipinski definition) is 2. The van der Waals surface area contributed by atoms with Gasteiger partial charge in [0.05, 0.1) is 0 Å². The van der Waals surface area contributed by atoms with E-state index >= 15 is 0 Å². The van der Waals surface area contributed by atoms with Crippen molar-refractivity contribution in [1.29, 1.82) is 0 Å². The third-order valence-corrected chi connectivity index (χ3v) is 7.18. The first-order valence-corrected chi connectivity index (χ1v) is 9.60. The molecule has 1 unspecified atom stereocenters. The molecule has 1 amide bonds. The number of nitrogens with one attached hydrogen (secondary N) is 1. The van der Waals surface area contributed by atoms with Crippen molar-refractivity contribution in [2.24, 2.45) is 23.2 Å². The second-order valence-electron chi connectivity index (χ2n) is 8.93. The zero-order chi connectivity index (χ0) is 15.2. The first-order chi connectivity index (χ1) is 10.6. The van der Waals surface area contributed by atoms with Crippen molar-refractivity contribution in [3.63, 3.8) is 0 Å². The summed E-state index contributed by atoms with van der Waals surface area (Å²) in [6, 6.07) is 0.469. The van der Waals surface area contributed by atoms with Crippen molar-refractivity contribution < 1.29 is 4.79 Å². The van der Waals surface area contributed by atoms with Gasteiger partial charge < -0.3 is 10.2 Å². The fraction of sp³-hybridized carbons (Fsp3) is 0.947. The lowest BCUT2D eigenvalue weighted by atomic mass is 9.49. The van der Waals surface area contributed by atoms with Crippen LogP contribution in [0.2, 0.25) is 0 Å². The van der Waals surface area contributed by atoms with Gasteiger partial charge in [0, 0.05) is 19.5 Å². The van der Waals surface area contributed by atoms with Gasteiger partial charge in [-0.25, -0.2) is 0 Å². The first-order valence-electron chi connectivity index (χ1n) is 9.60. The first kappa shape index (κ1) is 15.0. The third-order valence-electron chi connectivity index (χ3n) is 7.18. The van der Waals surface area contributed by atoms with Gasteiger partial charge in [0.25, 0.3) is 0 Å². The van der Waals surface area contributed by atoms with Gasteiger partial charge in [-0.3, -0.25) is 4.79 Å². The molecule has 4 bridgehead atoms. The topological polar surface area (TPSA) is 32.3 Å². The highest BCUT2D eigenvalue weighted by molar-refractivity contribution is 5.77. The minimum atomic E-state index is 0.392. The van der Waals surface area contributed by atoms with E-state index in [1.54, 1.807) is 0 Å². The number of nitrogens with zero attached hydrogens (tertiary/aromatic N) is 1. The lowest BCUT2D eigenvalue weighted by Crippen LogP contribution is -2.49. The Kier molecular flexibility index (Phi) is 3.96. The fourth-order valence-corrected chi connectivity index (χ4v) is 6.54. The molecule has 1 aliphatic heterocycles. The number of amides is 1. The normalized spacial score (nSPS) is 43.9. The zero-order valence-electron chi connectivity index (χ0n) is 14.2. The van der Waals surface area contributed by atoms with Crippen LogP contribution in [0.25, 0.3) is 0 Å². The molecule has 0 radical (unpaired) electrons. The summed E-state index contributed by atoms with van der Waals surface area (Å²) in [6.45, 7) is 2.19. The Morgan fingerprint density at radius 2 is 1.68 bits per heavy atom. The Bertz CT molecular complexity index is 390. The SMILES string of the molecule is CN(C(=O)CC12CC3CC(CC(C3)C1)C2)C1CCCNCC1. The van der Waals surface area contributed by atoms with Gasteiger partial charge in [-0.2, -0.15) is 0 Å². The molecule has 0 aromatic rings. The van der Waals surface area contributed by atoms with Gasteiger partial charge in [0.1, 0.15) is 0 Å². The molecule has 0 spiro atoms. The molecule has 22 heavy (non-hydrogen) atoms. The lowest BCUT2D eigenvalue weighted by molar-refractivity contribution is -0.140. The summed E-state index contributed by atoms with van der Waals surface area (Å²) in [5, 5.41) is 3.46. The van der Waals surface area contributed by atoms with Gasteiger partial charge in [0.15, 0.2) is 0 Å². The highest BCUT2D eigenvalue weighted by Gasteiger charge is 2.51. The average molecular weight is 304 g/mol. The fourth-order valence-electron chi connectivity index (χ4n) is 6.54. The third kappa shape index (κ3) is 2.81. The standard InChI is InChI=1S/C19H32N2O/c1-21(17-3-2-5-20-6-4-17)18(22)13-19-10-14-7-15(11-19)9-16(8-14)12-19/h14-17,20H,2-13H2,1H3. The Labute approximate surface area is 135 Å². The summed E-state index contributed by atoms with van der Waals surface area (Å²) in [4.78, 5) is 15.1. The molecule has 5 aliphatic rings. The molecular weight excluding hydrogens is 272 g/mol. The van der Waals surface area contributed by atoms with Gasteiger partial charge in [0.2, 0.25) is 5.91 Å². The van der Waals surface area contributed by atoms with Crippen LogP contribution in [0.1, 0.15) is 64.2 Å². The second-order valence-corrected chi connectivity index (χ2v) is 8.93. The van der Waals surface area contributed by atoms with E-state index in [-0.39, 0.29) is 0 Å². The van der Waals surface area contributed by atoms with E-state index in [1.807, 2.05) is 0 Å². The maximum absolute atomic E-state index is 12.9. The molecule has 1 saturated heterocycles. The van der Waals surface area contributed by atoms with E-state index < -0.39 is 0 Å². The molecule has 3 nitrogen and oxygen atoms in total. The molecule has 5 fully saturated rings. The van der Waals surface area contributed by atoms with Crippen LogP contribution in [0.3, 0.4) is 0 Å². The Morgan fingerprint density at radius 3 is 2.32 bits per heavy atom. The van der Waals surface area contributed by atoms with Crippen LogP contribution in [0.15, 0.2) is 0 Å². The molecule has 1 atom stereocenters. The number of hydrogen-bond donors (Lipinski definition) is 1. The van der Waals surface area contributed by atoms with E-state index in [2.05, 4.69) is 17.3 Å². The maximum Gasteiger partial charge on any atom is 0.223 e.